The average molecular weight is 326 g/mol. The molecule has 0 fully saturated rings. The van der Waals surface area contributed by atoms with E-state index in [9.17, 15) is 20.0 Å². The molecule has 0 aromatic heterocycles. The summed E-state index contributed by atoms with van der Waals surface area (Å²) in [6, 6.07) is 3.71. The van der Waals surface area contributed by atoms with Crippen molar-refractivity contribution >= 4 is 11.8 Å². The normalized spacial score (nSPS) is 12.4. The van der Waals surface area contributed by atoms with Crippen LogP contribution in [-0.2, 0) is 11.2 Å². The van der Waals surface area contributed by atoms with E-state index in [-0.39, 0.29) is 12.1 Å². The van der Waals surface area contributed by atoms with Crippen molar-refractivity contribution in [2.45, 2.75) is 38.8 Å². The Balaban J connectivity index is 2.95. The van der Waals surface area contributed by atoms with Gasteiger partial charge in [0.2, 0.25) is 0 Å². The molecule has 1 aromatic rings. The van der Waals surface area contributed by atoms with Crippen LogP contribution < -0.4 is 10.1 Å². The second-order valence-corrected chi connectivity index (χ2v) is 5.94. The van der Waals surface area contributed by atoms with Crippen molar-refractivity contribution in [2.75, 3.05) is 13.7 Å². The molecule has 0 radical (unpaired) electrons. The minimum atomic E-state index is -0.736. The second-order valence-electron chi connectivity index (χ2n) is 5.94. The lowest BCUT2D eigenvalue weighted by Crippen LogP contribution is -2.42. The number of carbonyl (C=O) groups is 1. The number of hydrogen-bond acceptors (Lipinski definition) is 6. The molecule has 1 aromatic carbocycles. The number of nitro groups is 1. The monoisotopic (exact) mass is 326 g/mol. The van der Waals surface area contributed by atoms with E-state index >= 15 is 0 Å². The van der Waals surface area contributed by atoms with Crippen LogP contribution in [0.25, 0.3) is 0 Å². The largest absolute Gasteiger partial charge is 0.496 e. The van der Waals surface area contributed by atoms with Crippen LogP contribution >= 0.6 is 0 Å². The number of rotatable bonds is 6. The molecule has 0 aliphatic rings. The number of alkyl carbamates (subject to hydrolysis) is 1. The fourth-order valence-corrected chi connectivity index (χ4v) is 2.00. The smallest absolute Gasteiger partial charge is 0.407 e. The van der Waals surface area contributed by atoms with Gasteiger partial charge in [-0.2, -0.15) is 0 Å². The summed E-state index contributed by atoms with van der Waals surface area (Å²) < 4.78 is 10.3. The number of nitro benzene ring substituents is 1. The summed E-state index contributed by atoms with van der Waals surface area (Å²) in [4.78, 5) is 22.4. The molecule has 0 bridgehead atoms. The van der Waals surface area contributed by atoms with E-state index in [2.05, 4.69) is 5.32 Å². The van der Waals surface area contributed by atoms with E-state index in [1.54, 1.807) is 26.8 Å². The predicted molar refractivity (Wildman–Crippen MR) is 83.6 cm³/mol. The Morgan fingerprint density at radius 3 is 2.57 bits per heavy atom. The van der Waals surface area contributed by atoms with Crippen molar-refractivity contribution in [3.05, 3.63) is 33.9 Å². The zero-order valence-corrected chi connectivity index (χ0v) is 13.7. The molecule has 0 aliphatic carbocycles. The van der Waals surface area contributed by atoms with Crippen molar-refractivity contribution in [3.8, 4) is 5.75 Å². The number of aliphatic hydroxyl groups excluding tert-OH is 1. The standard InChI is InChI=1S/C15H22N2O6/c1-15(2,3)23-14(19)16-10(9-18)8-11-12(17(20)21)6-5-7-13(11)22-4/h5-7,10,18H,8-9H2,1-4H3,(H,16,19)/t10-/m0/s1. The Kier molecular flexibility index (Phi) is 6.32. The molecule has 1 atom stereocenters. The number of carbonyl (C=O) groups excluding carboxylic acids is 1. The van der Waals surface area contributed by atoms with E-state index in [0.29, 0.717) is 11.3 Å². The molecule has 0 saturated carbocycles. The maximum atomic E-state index is 11.8. The van der Waals surface area contributed by atoms with Gasteiger partial charge in [-0.3, -0.25) is 10.1 Å². The van der Waals surface area contributed by atoms with Gasteiger partial charge in [-0.1, -0.05) is 6.07 Å². The highest BCUT2D eigenvalue weighted by Crippen LogP contribution is 2.29. The molecular formula is C15H22N2O6. The molecule has 0 spiro atoms. The van der Waals surface area contributed by atoms with Crippen molar-refractivity contribution in [2.24, 2.45) is 0 Å². The third kappa shape index (κ3) is 5.74. The minimum Gasteiger partial charge on any atom is -0.496 e. The van der Waals surface area contributed by atoms with Gasteiger partial charge in [-0.05, 0) is 26.8 Å². The number of amides is 1. The number of benzene rings is 1. The summed E-state index contributed by atoms with van der Waals surface area (Å²) in [5.41, 5.74) is -0.510. The first-order chi connectivity index (χ1) is 10.7. The number of aliphatic hydroxyl groups is 1. The number of hydrogen-bond donors (Lipinski definition) is 2. The molecule has 0 aliphatic heterocycles. The van der Waals surface area contributed by atoms with Crippen LogP contribution in [0.3, 0.4) is 0 Å². The van der Waals surface area contributed by atoms with Crippen LogP contribution in [0.4, 0.5) is 10.5 Å². The number of methoxy groups -OCH3 is 1. The topological polar surface area (TPSA) is 111 Å². The van der Waals surface area contributed by atoms with E-state index in [4.69, 9.17) is 9.47 Å². The van der Waals surface area contributed by atoms with Gasteiger partial charge in [0.05, 0.1) is 30.2 Å². The average Bonchev–Trinajstić information content (AvgIpc) is 2.44. The van der Waals surface area contributed by atoms with E-state index < -0.39 is 29.3 Å². The van der Waals surface area contributed by atoms with Crippen LogP contribution in [0, 0.1) is 10.1 Å². The van der Waals surface area contributed by atoms with Crippen molar-refractivity contribution < 1.29 is 24.3 Å². The number of ether oxygens (including phenoxy) is 2. The van der Waals surface area contributed by atoms with Gasteiger partial charge in [0, 0.05) is 12.5 Å². The van der Waals surface area contributed by atoms with Gasteiger partial charge in [0.1, 0.15) is 11.4 Å². The van der Waals surface area contributed by atoms with Crippen LogP contribution in [0.5, 0.6) is 5.75 Å². The first kappa shape index (κ1) is 18.7. The summed E-state index contributed by atoms with van der Waals surface area (Å²) in [7, 11) is 1.40. The second kappa shape index (κ2) is 7.77. The van der Waals surface area contributed by atoms with Crippen molar-refractivity contribution in [1.82, 2.24) is 5.32 Å². The fourth-order valence-electron chi connectivity index (χ4n) is 2.00. The Hall–Kier alpha value is -2.35. The number of nitrogens with one attached hydrogen (secondary N) is 1. The summed E-state index contributed by atoms with van der Waals surface area (Å²) in [6.07, 6.45) is -0.662. The van der Waals surface area contributed by atoms with E-state index in [0.717, 1.165) is 0 Å². The molecule has 0 heterocycles. The molecule has 1 amide bonds. The van der Waals surface area contributed by atoms with E-state index in [1.165, 1.54) is 19.2 Å². The lowest BCUT2D eigenvalue weighted by Gasteiger charge is -2.23. The fraction of sp³-hybridized carbons (Fsp3) is 0.533. The predicted octanol–water partition coefficient (Wildman–Crippen LogP) is 2.03. The van der Waals surface area contributed by atoms with Gasteiger partial charge < -0.3 is 19.9 Å². The maximum absolute atomic E-state index is 11.8. The molecule has 0 unspecified atom stereocenters. The van der Waals surface area contributed by atoms with Crippen LogP contribution in [0.2, 0.25) is 0 Å². The van der Waals surface area contributed by atoms with Crippen LogP contribution in [0.1, 0.15) is 26.3 Å². The molecule has 8 nitrogen and oxygen atoms in total. The first-order valence-electron chi connectivity index (χ1n) is 7.08. The number of nitrogens with zero attached hydrogens (tertiary/aromatic N) is 1. The molecule has 0 saturated heterocycles. The summed E-state index contributed by atoms with van der Waals surface area (Å²) >= 11 is 0. The van der Waals surface area contributed by atoms with Crippen LogP contribution in [0.15, 0.2) is 18.2 Å². The Labute approximate surface area is 134 Å². The Bertz CT molecular complexity index is 568. The lowest BCUT2D eigenvalue weighted by atomic mass is 10.0. The Morgan fingerprint density at radius 1 is 1.43 bits per heavy atom. The van der Waals surface area contributed by atoms with Gasteiger partial charge in [0.25, 0.3) is 5.69 Å². The highest BCUT2D eigenvalue weighted by molar-refractivity contribution is 5.68. The minimum absolute atomic E-state index is 0.0378. The highest BCUT2D eigenvalue weighted by Gasteiger charge is 2.24. The molecule has 23 heavy (non-hydrogen) atoms. The van der Waals surface area contributed by atoms with E-state index in [1.807, 2.05) is 0 Å². The lowest BCUT2D eigenvalue weighted by molar-refractivity contribution is -0.385. The van der Waals surface area contributed by atoms with Gasteiger partial charge in [0.15, 0.2) is 0 Å². The summed E-state index contributed by atoms with van der Waals surface area (Å²) in [6.45, 7) is 4.75. The van der Waals surface area contributed by atoms with Gasteiger partial charge in [-0.15, -0.1) is 0 Å². The molecule has 8 heteroatoms. The van der Waals surface area contributed by atoms with Crippen molar-refractivity contribution in [3.63, 3.8) is 0 Å². The van der Waals surface area contributed by atoms with Crippen LogP contribution in [-0.4, -0.2) is 41.5 Å². The van der Waals surface area contributed by atoms with Crippen molar-refractivity contribution in [1.29, 1.82) is 0 Å². The SMILES string of the molecule is COc1cccc([N+](=O)[O-])c1C[C@@H](CO)NC(=O)OC(C)(C)C. The zero-order valence-electron chi connectivity index (χ0n) is 13.7. The molecule has 2 N–H and O–H groups in total. The third-order valence-electron chi connectivity index (χ3n) is 2.92. The quantitative estimate of drug-likeness (QED) is 0.611. The molecule has 1 rings (SSSR count). The maximum Gasteiger partial charge on any atom is 0.407 e. The first-order valence-corrected chi connectivity index (χ1v) is 7.08. The summed E-state index contributed by atoms with van der Waals surface area (Å²) in [5, 5.41) is 23.1. The van der Waals surface area contributed by atoms with Gasteiger partial charge in [-0.25, -0.2) is 4.79 Å². The van der Waals surface area contributed by atoms with Gasteiger partial charge >= 0.3 is 6.09 Å². The Morgan fingerprint density at radius 2 is 2.09 bits per heavy atom. The highest BCUT2D eigenvalue weighted by atomic mass is 16.6. The molecular weight excluding hydrogens is 304 g/mol. The zero-order chi connectivity index (χ0) is 17.6. The molecule has 128 valence electrons. The third-order valence-corrected chi connectivity index (χ3v) is 2.92. The summed E-state index contributed by atoms with van der Waals surface area (Å²) in [5.74, 6) is 0.323.